The third-order valence-electron chi connectivity index (χ3n) is 3.39. The third kappa shape index (κ3) is 2.73. The molecular formula is C15H16N3PS2. The lowest BCUT2D eigenvalue weighted by Crippen LogP contribution is -2.24. The van der Waals surface area contributed by atoms with E-state index in [4.69, 9.17) is 16.6 Å². The summed E-state index contributed by atoms with van der Waals surface area (Å²) in [5.74, 6) is 0.868. The molecule has 1 heterocycles. The second kappa shape index (κ2) is 5.84. The Balaban J connectivity index is 2.09. The van der Waals surface area contributed by atoms with E-state index in [1.54, 1.807) is 11.4 Å². The first-order valence-corrected chi connectivity index (χ1v) is 11.1. The molecule has 0 radical (unpaired) electrons. The van der Waals surface area contributed by atoms with Crippen LogP contribution in [-0.4, -0.2) is 19.1 Å². The van der Waals surface area contributed by atoms with Crippen LogP contribution in [-0.2, 0) is 11.8 Å². The van der Waals surface area contributed by atoms with Crippen molar-refractivity contribution < 1.29 is 0 Å². The van der Waals surface area contributed by atoms with Crippen LogP contribution in [0.1, 0.15) is 5.56 Å². The molecule has 1 aliphatic heterocycles. The quantitative estimate of drug-likeness (QED) is 0.814. The van der Waals surface area contributed by atoms with Crippen LogP contribution in [0.25, 0.3) is 0 Å². The Hall–Kier alpha value is -1.29. The summed E-state index contributed by atoms with van der Waals surface area (Å²) in [5, 5.41) is 3.42. The minimum atomic E-state index is -2.00. The monoisotopic (exact) mass is 333 g/mol. The van der Waals surface area contributed by atoms with Crippen molar-refractivity contribution in [3.05, 3.63) is 60.2 Å². The van der Waals surface area contributed by atoms with Gasteiger partial charge in [-0.3, -0.25) is 0 Å². The van der Waals surface area contributed by atoms with E-state index in [0.29, 0.717) is 0 Å². The predicted molar refractivity (Wildman–Crippen MR) is 99.2 cm³/mol. The zero-order valence-electron chi connectivity index (χ0n) is 11.9. The van der Waals surface area contributed by atoms with Crippen molar-refractivity contribution >= 4 is 45.9 Å². The lowest BCUT2D eigenvalue weighted by atomic mass is 10.1. The second-order valence-electron chi connectivity index (χ2n) is 4.65. The number of para-hydroxylation sites is 2. The standard InChI is InChI=1S/C15H16N3PS2/c1-18-14-11-7-6-10-13(14)15(17-19(18,20)21-2)16-12-8-4-3-5-9-12/h3-11H,1-2H3,(H,16,17,20). The molecule has 2 aromatic carbocycles. The van der Waals surface area contributed by atoms with E-state index < -0.39 is 5.54 Å². The van der Waals surface area contributed by atoms with E-state index in [0.717, 1.165) is 22.8 Å². The third-order valence-corrected chi connectivity index (χ3v) is 10.0. The Labute approximate surface area is 134 Å². The van der Waals surface area contributed by atoms with Crippen molar-refractivity contribution in [3.63, 3.8) is 0 Å². The van der Waals surface area contributed by atoms with Crippen LogP contribution < -0.4 is 9.99 Å². The van der Waals surface area contributed by atoms with Gasteiger partial charge in [0.25, 0.3) is 0 Å². The zero-order chi connectivity index (χ0) is 14.9. The van der Waals surface area contributed by atoms with Gasteiger partial charge in [-0.2, -0.15) is 0 Å². The summed E-state index contributed by atoms with van der Waals surface area (Å²) in [4.78, 5) is 0. The fourth-order valence-electron chi connectivity index (χ4n) is 2.25. The fourth-order valence-corrected chi connectivity index (χ4v) is 5.57. The average Bonchev–Trinajstić information content (AvgIpc) is 2.53. The average molecular weight is 333 g/mol. The number of hydrogen-bond acceptors (Lipinski definition) is 3. The molecule has 1 atom stereocenters. The van der Waals surface area contributed by atoms with Crippen LogP contribution in [0, 0.1) is 0 Å². The SMILES string of the molecule is CSP1(=S)N=C(Nc2ccccc2)c2ccccc2N1C. The molecule has 21 heavy (non-hydrogen) atoms. The highest BCUT2D eigenvalue weighted by molar-refractivity contribution is 8.70. The molecule has 0 saturated heterocycles. The maximum Gasteiger partial charge on any atom is 0.199 e. The number of fused-ring (bicyclic) bond motifs is 1. The summed E-state index contributed by atoms with van der Waals surface area (Å²) in [5.41, 5.74) is 1.26. The topological polar surface area (TPSA) is 27.6 Å². The first kappa shape index (κ1) is 14.6. The van der Waals surface area contributed by atoms with Crippen molar-refractivity contribution in [2.75, 3.05) is 23.3 Å². The molecule has 1 unspecified atom stereocenters. The van der Waals surface area contributed by atoms with Gasteiger partial charge in [-0.05, 0) is 42.3 Å². The lowest BCUT2D eigenvalue weighted by molar-refractivity contribution is 1.30. The Morgan fingerprint density at radius 1 is 1.10 bits per heavy atom. The van der Waals surface area contributed by atoms with Crippen LogP contribution in [0.3, 0.4) is 0 Å². The summed E-state index contributed by atoms with van der Waals surface area (Å²) < 4.78 is 7.02. The smallest absolute Gasteiger partial charge is 0.199 e. The Kier molecular flexibility index (Phi) is 4.07. The molecule has 3 rings (SSSR count). The van der Waals surface area contributed by atoms with E-state index in [9.17, 15) is 0 Å². The summed E-state index contributed by atoms with van der Waals surface area (Å²) >= 11 is 7.48. The normalized spacial score (nSPS) is 20.7. The summed E-state index contributed by atoms with van der Waals surface area (Å²) in [6, 6.07) is 18.3. The van der Waals surface area contributed by atoms with Gasteiger partial charge in [0, 0.05) is 18.3 Å². The van der Waals surface area contributed by atoms with Gasteiger partial charge in [0.2, 0.25) is 0 Å². The molecule has 2 aromatic rings. The van der Waals surface area contributed by atoms with Crippen LogP contribution >= 0.6 is 16.9 Å². The van der Waals surface area contributed by atoms with Crippen LogP contribution in [0.15, 0.2) is 59.4 Å². The molecule has 6 heteroatoms. The van der Waals surface area contributed by atoms with Crippen LogP contribution in [0.5, 0.6) is 0 Å². The van der Waals surface area contributed by atoms with Gasteiger partial charge < -0.3 is 9.99 Å². The van der Waals surface area contributed by atoms with Gasteiger partial charge in [-0.25, -0.2) is 4.76 Å². The van der Waals surface area contributed by atoms with E-state index in [2.05, 4.69) is 22.1 Å². The Bertz CT molecular complexity index is 731. The van der Waals surface area contributed by atoms with Gasteiger partial charge in [0.15, 0.2) is 5.54 Å². The van der Waals surface area contributed by atoms with Crippen LogP contribution in [0.4, 0.5) is 11.4 Å². The van der Waals surface area contributed by atoms with E-state index in [1.807, 2.05) is 55.8 Å². The largest absolute Gasteiger partial charge is 0.340 e. The lowest BCUT2D eigenvalue weighted by Gasteiger charge is -2.35. The number of benzene rings is 2. The number of hydrogen-bond donors (Lipinski definition) is 1. The zero-order valence-corrected chi connectivity index (χ0v) is 14.4. The van der Waals surface area contributed by atoms with Crippen molar-refractivity contribution in [1.82, 2.24) is 0 Å². The molecule has 0 fully saturated rings. The van der Waals surface area contributed by atoms with E-state index >= 15 is 0 Å². The van der Waals surface area contributed by atoms with Gasteiger partial charge >= 0.3 is 0 Å². The molecule has 0 aromatic heterocycles. The van der Waals surface area contributed by atoms with Crippen molar-refractivity contribution in [2.45, 2.75) is 0 Å². The van der Waals surface area contributed by atoms with Gasteiger partial charge in [0.05, 0.1) is 5.69 Å². The number of rotatable bonds is 2. The highest BCUT2D eigenvalue weighted by Gasteiger charge is 2.30. The molecule has 3 nitrogen and oxygen atoms in total. The van der Waals surface area contributed by atoms with Gasteiger partial charge in [-0.15, -0.1) is 0 Å². The minimum Gasteiger partial charge on any atom is -0.340 e. The number of amidine groups is 1. The highest BCUT2D eigenvalue weighted by atomic mass is 32.9. The Morgan fingerprint density at radius 3 is 2.48 bits per heavy atom. The molecule has 0 spiro atoms. The first-order valence-electron chi connectivity index (χ1n) is 6.56. The maximum absolute atomic E-state index is 5.82. The van der Waals surface area contributed by atoms with Gasteiger partial charge in [0.1, 0.15) is 5.84 Å². The summed E-state index contributed by atoms with van der Waals surface area (Å²) in [7, 11) is 2.04. The molecule has 1 aliphatic rings. The summed E-state index contributed by atoms with van der Waals surface area (Å²) in [6.07, 6.45) is 2.04. The molecule has 0 aliphatic carbocycles. The fraction of sp³-hybridized carbons (Fsp3) is 0.133. The van der Waals surface area contributed by atoms with Crippen molar-refractivity contribution in [1.29, 1.82) is 0 Å². The molecular weight excluding hydrogens is 317 g/mol. The van der Waals surface area contributed by atoms with Crippen molar-refractivity contribution in [2.24, 2.45) is 4.76 Å². The molecule has 0 bridgehead atoms. The van der Waals surface area contributed by atoms with E-state index in [1.165, 1.54) is 0 Å². The Morgan fingerprint density at radius 2 is 1.76 bits per heavy atom. The number of anilines is 2. The minimum absolute atomic E-state index is 0.868. The molecule has 108 valence electrons. The molecule has 1 N–H and O–H groups in total. The maximum atomic E-state index is 5.82. The second-order valence-corrected chi connectivity index (χ2v) is 11.6. The molecule has 0 amide bonds. The van der Waals surface area contributed by atoms with Gasteiger partial charge in [-0.1, -0.05) is 41.7 Å². The van der Waals surface area contributed by atoms with E-state index in [-0.39, 0.29) is 0 Å². The van der Waals surface area contributed by atoms with Crippen molar-refractivity contribution in [3.8, 4) is 0 Å². The number of nitrogens with zero attached hydrogens (tertiary/aromatic N) is 2. The summed E-state index contributed by atoms with van der Waals surface area (Å²) in [6.45, 7) is 0. The predicted octanol–water partition coefficient (Wildman–Crippen LogP) is 4.58. The number of nitrogens with one attached hydrogen (secondary N) is 1. The highest BCUT2D eigenvalue weighted by Crippen LogP contribution is 2.65. The first-order chi connectivity index (χ1) is 10.1. The van der Waals surface area contributed by atoms with Crippen LogP contribution in [0.2, 0.25) is 0 Å². The molecule has 0 saturated carbocycles.